The fourth-order valence-corrected chi connectivity index (χ4v) is 3.89. The first kappa shape index (κ1) is 23.8. The van der Waals surface area contributed by atoms with Crippen molar-refractivity contribution in [3.05, 3.63) is 67.5 Å². The van der Waals surface area contributed by atoms with Crippen LogP contribution in [0.5, 0.6) is 6.01 Å². The van der Waals surface area contributed by atoms with Crippen molar-refractivity contribution >= 4 is 28.7 Å². The Morgan fingerprint density at radius 2 is 1.82 bits per heavy atom. The number of ether oxygens (including phenoxy) is 1. The Morgan fingerprint density at radius 3 is 2.47 bits per heavy atom. The number of rotatable bonds is 6. The molecule has 1 saturated heterocycles. The largest absolute Gasteiger partial charge is 0.431 e. The second-order valence-corrected chi connectivity index (χ2v) is 8.75. The zero-order valence-corrected chi connectivity index (χ0v) is 20.1. The van der Waals surface area contributed by atoms with Gasteiger partial charge < -0.3 is 14.5 Å². The van der Waals surface area contributed by atoms with E-state index in [1.807, 2.05) is 26.1 Å². The summed E-state index contributed by atoms with van der Waals surface area (Å²) in [5.41, 5.74) is -0.177. The van der Waals surface area contributed by atoms with E-state index in [0.717, 1.165) is 23.2 Å². The molecule has 3 aromatic rings. The second kappa shape index (κ2) is 9.86. The summed E-state index contributed by atoms with van der Waals surface area (Å²) < 4.78 is 8.36. The minimum atomic E-state index is -0.689. The van der Waals surface area contributed by atoms with Crippen LogP contribution in [0.15, 0.2) is 45.7 Å². The van der Waals surface area contributed by atoms with Crippen molar-refractivity contribution in [3.63, 3.8) is 0 Å². The average molecular weight is 487 g/mol. The molecule has 34 heavy (non-hydrogen) atoms. The Hall–Kier alpha value is -3.37. The number of aromatic nitrogens is 4. The van der Waals surface area contributed by atoms with Gasteiger partial charge >= 0.3 is 11.7 Å². The molecule has 0 bridgehead atoms. The monoisotopic (exact) mass is 486 g/mol. The molecule has 4 rings (SSSR count). The number of benzene rings is 1. The topological polar surface area (TPSA) is 105 Å². The number of hydrogen-bond donors (Lipinski definition) is 1. The number of carbonyl (C=O) groups is 1. The number of hydrogen-bond acceptors (Lipinski definition) is 6. The van der Waals surface area contributed by atoms with Crippen LogP contribution in [0.4, 0.5) is 0 Å². The molecular formula is C23H27ClN6O4. The highest BCUT2D eigenvalue weighted by Crippen LogP contribution is 2.21. The summed E-state index contributed by atoms with van der Waals surface area (Å²) in [6, 6.07) is 7.34. The fourth-order valence-electron chi connectivity index (χ4n) is 3.76. The average Bonchev–Trinajstić information content (AvgIpc) is 3.14. The van der Waals surface area contributed by atoms with Gasteiger partial charge in [0.05, 0.1) is 6.54 Å². The summed E-state index contributed by atoms with van der Waals surface area (Å²) in [5.74, 6) is 0.311. The standard InChI is InChI=1S/C23H27ClN6O4/c1-4-15(2)34-23-26-20-19(29(23)13-16-5-7-17(24)8-6-16)21(32)30(22(33)25-20)14-18(31)28-11-9-27(3)10-12-28/h4-8H,9-14H2,1-3H3,(H,25,33). The van der Waals surface area contributed by atoms with E-state index in [9.17, 15) is 14.4 Å². The van der Waals surface area contributed by atoms with Gasteiger partial charge in [0.1, 0.15) is 12.3 Å². The van der Waals surface area contributed by atoms with E-state index in [4.69, 9.17) is 16.3 Å². The van der Waals surface area contributed by atoms with Gasteiger partial charge in [0.25, 0.3) is 5.56 Å². The molecule has 2 aromatic heterocycles. The van der Waals surface area contributed by atoms with Gasteiger partial charge in [-0.3, -0.25) is 19.1 Å². The van der Waals surface area contributed by atoms with Crippen LogP contribution in [0.3, 0.4) is 0 Å². The summed E-state index contributed by atoms with van der Waals surface area (Å²) in [7, 11) is 1.99. The molecule has 1 aromatic carbocycles. The number of allylic oxidation sites excluding steroid dienone is 2. The zero-order valence-electron chi connectivity index (χ0n) is 19.4. The number of nitrogens with one attached hydrogen (secondary N) is 1. The quantitative estimate of drug-likeness (QED) is 0.531. The van der Waals surface area contributed by atoms with Crippen molar-refractivity contribution in [1.29, 1.82) is 0 Å². The molecule has 1 aliphatic rings. The van der Waals surface area contributed by atoms with Crippen LogP contribution < -0.4 is 16.0 Å². The third-order valence-corrected chi connectivity index (χ3v) is 6.16. The van der Waals surface area contributed by atoms with Crippen molar-refractivity contribution in [2.24, 2.45) is 0 Å². The lowest BCUT2D eigenvalue weighted by atomic mass is 10.2. The molecule has 0 unspecified atom stereocenters. The minimum absolute atomic E-state index is 0.103. The van der Waals surface area contributed by atoms with Crippen LogP contribution in [0.2, 0.25) is 5.02 Å². The van der Waals surface area contributed by atoms with Crippen LogP contribution >= 0.6 is 11.6 Å². The number of carbonyl (C=O) groups excluding carboxylic acids is 1. The van der Waals surface area contributed by atoms with Crippen molar-refractivity contribution in [3.8, 4) is 6.01 Å². The predicted molar refractivity (Wildman–Crippen MR) is 129 cm³/mol. The van der Waals surface area contributed by atoms with Crippen molar-refractivity contribution in [1.82, 2.24) is 28.9 Å². The summed E-state index contributed by atoms with van der Waals surface area (Å²) in [6.07, 6.45) is 1.77. The van der Waals surface area contributed by atoms with E-state index in [1.165, 1.54) is 0 Å². The molecule has 1 aliphatic heterocycles. The van der Waals surface area contributed by atoms with Gasteiger partial charge in [0.15, 0.2) is 11.2 Å². The number of imidazole rings is 1. The van der Waals surface area contributed by atoms with Gasteiger partial charge in [0, 0.05) is 31.2 Å². The molecule has 11 heteroatoms. The van der Waals surface area contributed by atoms with Crippen molar-refractivity contribution in [2.45, 2.75) is 26.9 Å². The number of H-pyrrole nitrogens is 1. The molecule has 1 amide bonds. The second-order valence-electron chi connectivity index (χ2n) is 8.31. The molecule has 0 saturated carbocycles. The lowest BCUT2D eigenvalue weighted by Crippen LogP contribution is -2.50. The maximum atomic E-state index is 13.5. The van der Waals surface area contributed by atoms with Crippen LogP contribution in [0.1, 0.15) is 19.4 Å². The highest BCUT2D eigenvalue weighted by Gasteiger charge is 2.24. The number of fused-ring (bicyclic) bond motifs is 1. The Kier molecular flexibility index (Phi) is 6.90. The number of piperazine rings is 1. The maximum Gasteiger partial charge on any atom is 0.330 e. The molecule has 0 radical (unpaired) electrons. The Labute approximate surface area is 201 Å². The number of halogens is 1. The van der Waals surface area contributed by atoms with E-state index >= 15 is 0 Å². The molecule has 180 valence electrons. The van der Waals surface area contributed by atoms with Crippen LogP contribution in [0, 0.1) is 0 Å². The van der Waals surface area contributed by atoms with E-state index in [1.54, 1.807) is 34.6 Å². The summed E-state index contributed by atoms with van der Waals surface area (Å²) in [4.78, 5) is 49.8. The Balaban J connectivity index is 1.77. The molecule has 0 spiro atoms. The minimum Gasteiger partial charge on any atom is -0.431 e. The third-order valence-electron chi connectivity index (χ3n) is 5.91. The number of amides is 1. The lowest BCUT2D eigenvalue weighted by molar-refractivity contribution is -0.133. The molecular weight excluding hydrogens is 460 g/mol. The van der Waals surface area contributed by atoms with Gasteiger partial charge in [0.2, 0.25) is 5.91 Å². The van der Waals surface area contributed by atoms with Gasteiger partial charge in [-0.25, -0.2) is 9.36 Å². The van der Waals surface area contributed by atoms with E-state index in [0.29, 0.717) is 23.9 Å². The number of likely N-dealkylation sites (N-methyl/N-ethyl adjacent to an activating group) is 1. The molecule has 1 fully saturated rings. The Morgan fingerprint density at radius 1 is 1.15 bits per heavy atom. The molecule has 0 aliphatic carbocycles. The first-order valence-corrected chi connectivity index (χ1v) is 11.4. The smallest absolute Gasteiger partial charge is 0.330 e. The fraction of sp³-hybridized carbons (Fsp3) is 0.391. The van der Waals surface area contributed by atoms with E-state index in [2.05, 4.69) is 14.9 Å². The van der Waals surface area contributed by atoms with Gasteiger partial charge in [-0.2, -0.15) is 4.98 Å². The highest BCUT2D eigenvalue weighted by atomic mass is 35.5. The highest BCUT2D eigenvalue weighted by molar-refractivity contribution is 6.30. The maximum absolute atomic E-state index is 13.5. The molecule has 3 heterocycles. The lowest BCUT2D eigenvalue weighted by Gasteiger charge is -2.32. The Bertz CT molecular complexity index is 1350. The van der Waals surface area contributed by atoms with Crippen molar-refractivity contribution in [2.75, 3.05) is 33.2 Å². The SMILES string of the molecule is CC=C(C)Oc1nc2[nH]c(=O)n(CC(=O)N3CCN(C)CC3)c(=O)c2n1Cc1ccc(Cl)cc1. The summed E-state index contributed by atoms with van der Waals surface area (Å²) in [6.45, 7) is 6.10. The zero-order chi connectivity index (χ0) is 24.4. The van der Waals surface area contributed by atoms with Gasteiger partial charge in [-0.1, -0.05) is 23.7 Å². The molecule has 1 N–H and O–H groups in total. The van der Waals surface area contributed by atoms with Gasteiger partial charge in [-0.05, 0) is 44.7 Å². The van der Waals surface area contributed by atoms with Gasteiger partial charge in [-0.15, -0.1) is 0 Å². The van der Waals surface area contributed by atoms with Crippen LogP contribution in [0.25, 0.3) is 11.2 Å². The number of nitrogens with zero attached hydrogens (tertiary/aromatic N) is 5. The normalized spacial score (nSPS) is 15.2. The first-order valence-electron chi connectivity index (χ1n) is 11.0. The number of aromatic amines is 1. The third kappa shape index (κ3) is 4.92. The summed E-state index contributed by atoms with van der Waals surface area (Å²) >= 11 is 6.01. The van der Waals surface area contributed by atoms with E-state index in [-0.39, 0.29) is 36.2 Å². The molecule has 10 nitrogen and oxygen atoms in total. The molecule has 0 atom stereocenters. The van der Waals surface area contributed by atoms with E-state index < -0.39 is 11.2 Å². The summed E-state index contributed by atoms with van der Waals surface area (Å²) in [5, 5.41) is 0.592. The van der Waals surface area contributed by atoms with Crippen LogP contribution in [-0.2, 0) is 17.9 Å². The first-order chi connectivity index (χ1) is 16.3. The van der Waals surface area contributed by atoms with Crippen LogP contribution in [-0.4, -0.2) is 68.0 Å². The van der Waals surface area contributed by atoms with Crippen molar-refractivity contribution < 1.29 is 9.53 Å². The predicted octanol–water partition coefficient (Wildman–Crippen LogP) is 1.66.